The first-order valence-electron chi connectivity index (χ1n) is 9.76. The number of rotatable bonds is 10. The van der Waals surface area contributed by atoms with Crippen molar-refractivity contribution in [2.75, 3.05) is 20.3 Å². The van der Waals surface area contributed by atoms with Crippen LogP contribution in [0.15, 0.2) is 77.7 Å². The quantitative estimate of drug-likeness (QED) is 0.454. The van der Waals surface area contributed by atoms with Crippen molar-refractivity contribution in [3.63, 3.8) is 0 Å². The molecular weight excluding hydrogens is 435 g/mol. The second kappa shape index (κ2) is 10.9. The van der Waals surface area contributed by atoms with Crippen LogP contribution in [0.25, 0.3) is 0 Å². The summed E-state index contributed by atoms with van der Waals surface area (Å²) in [7, 11) is -2.17. The van der Waals surface area contributed by atoms with Gasteiger partial charge in [0.1, 0.15) is 17.3 Å². The minimum Gasteiger partial charge on any atom is -0.457 e. The Bertz CT molecular complexity index is 1130. The SMILES string of the molecule is COCCNS(=O)(=O)c1ccc(C(=O)NCc2ccc(Oc3ccc(F)cc3)cc2)cc1. The van der Waals surface area contributed by atoms with Crippen molar-refractivity contribution in [2.24, 2.45) is 0 Å². The molecule has 0 aromatic heterocycles. The van der Waals surface area contributed by atoms with E-state index in [9.17, 15) is 17.6 Å². The Hall–Kier alpha value is -3.27. The van der Waals surface area contributed by atoms with Gasteiger partial charge in [-0.2, -0.15) is 0 Å². The Morgan fingerprint density at radius 2 is 1.50 bits per heavy atom. The number of hydrogen-bond donors (Lipinski definition) is 2. The zero-order valence-corrected chi connectivity index (χ0v) is 18.2. The highest BCUT2D eigenvalue weighted by Crippen LogP contribution is 2.22. The number of halogens is 1. The monoisotopic (exact) mass is 458 g/mol. The van der Waals surface area contributed by atoms with Gasteiger partial charge in [0, 0.05) is 25.8 Å². The van der Waals surface area contributed by atoms with Crippen LogP contribution in [-0.4, -0.2) is 34.6 Å². The van der Waals surface area contributed by atoms with Gasteiger partial charge in [-0.1, -0.05) is 12.1 Å². The number of methoxy groups -OCH3 is 1. The second-order valence-electron chi connectivity index (χ2n) is 6.80. The summed E-state index contributed by atoms with van der Waals surface area (Å²) in [6, 6.07) is 18.5. The van der Waals surface area contributed by atoms with Crippen LogP contribution in [-0.2, 0) is 21.3 Å². The first kappa shape index (κ1) is 23.4. The van der Waals surface area contributed by atoms with Gasteiger partial charge in [0.05, 0.1) is 11.5 Å². The average molecular weight is 459 g/mol. The Balaban J connectivity index is 1.53. The molecule has 3 rings (SSSR count). The van der Waals surface area contributed by atoms with E-state index in [1.807, 2.05) is 0 Å². The van der Waals surface area contributed by atoms with Gasteiger partial charge < -0.3 is 14.8 Å². The summed E-state index contributed by atoms with van der Waals surface area (Å²) in [4.78, 5) is 12.4. The molecule has 32 heavy (non-hydrogen) atoms. The van der Waals surface area contributed by atoms with Gasteiger partial charge in [-0.15, -0.1) is 0 Å². The molecule has 0 aliphatic carbocycles. The molecule has 0 spiro atoms. The van der Waals surface area contributed by atoms with Crippen molar-refractivity contribution in [1.29, 1.82) is 0 Å². The summed E-state index contributed by atoms with van der Waals surface area (Å²) < 4.78 is 50.2. The standard InChI is InChI=1S/C23H23FN2O5S/c1-30-15-14-26-32(28,29)22-12-4-18(5-13-22)23(27)25-16-17-2-8-20(9-3-17)31-21-10-6-19(24)7-11-21/h2-13,26H,14-16H2,1H3,(H,25,27). The van der Waals surface area contributed by atoms with E-state index in [0.29, 0.717) is 17.1 Å². The van der Waals surface area contributed by atoms with Crippen LogP contribution in [0.2, 0.25) is 0 Å². The van der Waals surface area contributed by atoms with E-state index in [4.69, 9.17) is 9.47 Å². The third kappa shape index (κ3) is 6.61. The Morgan fingerprint density at radius 3 is 2.09 bits per heavy atom. The molecule has 0 saturated heterocycles. The van der Waals surface area contributed by atoms with Crippen molar-refractivity contribution in [2.45, 2.75) is 11.4 Å². The molecule has 0 saturated carbocycles. The molecule has 0 radical (unpaired) electrons. The first-order valence-corrected chi connectivity index (χ1v) is 11.2. The van der Waals surface area contributed by atoms with Crippen molar-refractivity contribution in [3.8, 4) is 11.5 Å². The third-order valence-corrected chi connectivity index (χ3v) is 5.93. The molecule has 0 aliphatic heterocycles. The molecule has 9 heteroatoms. The van der Waals surface area contributed by atoms with Gasteiger partial charge >= 0.3 is 0 Å². The smallest absolute Gasteiger partial charge is 0.251 e. The van der Waals surface area contributed by atoms with E-state index in [1.54, 1.807) is 24.3 Å². The fraction of sp³-hybridized carbons (Fsp3) is 0.174. The fourth-order valence-corrected chi connectivity index (χ4v) is 3.76. The summed E-state index contributed by atoms with van der Waals surface area (Å²) in [6.07, 6.45) is 0. The lowest BCUT2D eigenvalue weighted by atomic mass is 10.2. The molecule has 0 atom stereocenters. The van der Waals surface area contributed by atoms with Crippen molar-refractivity contribution >= 4 is 15.9 Å². The molecule has 7 nitrogen and oxygen atoms in total. The zero-order valence-electron chi connectivity index (χ0n) is 17.4. The van der Waals surface area contributed by atoms with E-state index < -0.39 is 10.0 Å². The molecule has 0 unspecified atom stereocenters. The van der Waals surface area contributed by atoms with Crippen molar-refractivity contribution in [1.82, 2.24) is 10.0 Å². The van der Waals surface area contributed by atoms with Crippen LogP contribution in [0.1, 0.15) is 15.9 Å². The van der Waals surface area contributed by atoms with Gasteiger partial charge in [0.25, 0.3) is 5.91 Å². The number of ether oxygens (including phenoxy) is 2. The number of sulfonamides is 1. The van der Waals surface area contributed by atoms with Crippen LogP contribution in [0, 0.1) is 5.82 Å². The lowest BCUT2D eigenvalue weighted by Gasteiger charge is -2.09. The van der Waals surface area contributed by atoms with Gasteiger partial charge in [-0.3, -0.25) is 4.79 Å². The highest BCUT2D eigenvalue weighted by atomic mass is 32.2. The third-order valence-electron chi connectivity index (χ3n) is 4.45. The summed E-state index contributed by atoms with van der Waals surface area (Å²) in [5, 5.41) is 2.79. The summed E-state index contributed by atoms with van der Waals surface area (Å²) in [5.74, 6) is 0.445. The van der Waals surface area contributed by atoms with Gasteiger partial charge in [0.15, 0.2) is 0 Å². The molecule has 168 valence electrons. The van der Waals surface area contributed by atoms with E-state index in [1.165, 1.54) is 55.6 Å². The maximum absolute atomic E-state index is 13.0. The number of benzene rings is 3. The number of amides is 1. The maximum Gasteiger partial charge on any atom is 0.251 e. The highest BCUT2D eigenvalue weighted by Gasteiger charge is 2.14. The summed E-state index contributed by atoms with van der Waals surface area (Å²) in [6.45, 7) is 0.710. The first-order chi connectivity index (χ1) is 15.4. The van der Waals surface area contributed by atoms with Crippen LogP contribution in [0.3, 0.4) is 0 Å². The molecule has 3 aromatic rings. The van der Waals surface area contributed by atoms with Crippen LogP contribution < -0.4 is 14.8 Å². The minimum absolute atomic E-state index is 0.0712. The van der Waals surface area contributed by atoms with Crippen LogP contribution in [0.4, 0.5) is 4.39 Å². The molecule has 0 fully saturated rings. The molecule has 0 heterocycles. The Labute approximate surface area is 186 Å². The summed E-state index contributed by atoms with van der Waals surface area (Å²) >= 11 is 0. The van der Waals surface area contributed by atoms with E-state index in [2.05, 4.69) is 10.0 Å². The highest BCUT2D eigenvalue weighted by molar-refractivity contribution is 7.89. The Morgan fingerprint density at radius 1 is 0.906 bits per heavy atom. The summed E-state index contributed by atoms with van der Waals surface area (Å²) in [5.41, 5.74) is 1.20. The second-order valence-corrected chi connectivity index (χ2v) is 8.56. The Kier molecular flexibility index (Phi) is 7.93. The zero-order chi connectivity index (χ0) is 23.0. The fourth-order valence-electron chi connectivity index (χ4n) is 2.75. The molecule has 0 bridgehead atoms. The maximum atomic E-state index is 13.0. The molecule has 0 aliphatic rings. The molecule has 1 amide bonds. The topological polar surface area (TPSA) is 93.7 Å². The van der Waals surface area contributed by atoms with E-state index in [-0.39, 0.29) is 36.3 Å². The van der Waals surface area contributed by atoms with Crippen molar-refractivity contribution < 1.29 is 27.1 Å². The molecule has 3 aromatic carbocycles. The lowest BCUT2D eigenvalue weighted by molar-refractivity contribution is 0.0951. The van der Waals surface area contributed by atoms with Gasteiger partial charge in [-0.25, -0.2) is 17.5 Å². The number of nitrogens with one attached hydrogen (secondary N) is 2. The molecule has 2 N–H and O–H groups in total. The van der Waals surface area contributed by atoms with E-state index >= 15 is 0 Å². The van der Waals surface area contributed by atoms with Crippen LogP contribution >= 0.6 is 0 Å². The minimum atomic E-state index is -3.65. The van der Waals surface area contributed by atoms with E-state index in [0.717, 1.165) is 5.56 Å². The average Bonchev–Trinajstić information content (AvgIpc) is 2.80. The van der Waals surface area contributed by atoms with Gasteiger partial charge in [0.2, 0.25) is 10.0 Å². The number of hydrogen-bond acceptors (Lipinski definition) is 5. The predicted molar refractivity (Wildman–Crippen MR) is 118 cm³/mol. The van der Waals surface area contributed by atoms with Crippen LogP contribution in [0.5, 0.6) is 11.5 Å². The van der Waals surface area contributed by atoms with Crippen molar-refractivity contribution in [3.05, 3.63) is 89.7 Å². The lowest BCUT2D eigenvalue weighted by Crippen LogP contribution is -2.27. The normalized spacial score (nSPS) is 11.2. The number of carbonyl (C=O) groups is 1. The van der Waals surface area contributed by atoms with Gasteiger partial charge in [-0.05, 0) is 66.2 Å². The molecular formula is C23H23FN2O5S. The number of carbonyl (C=O) groups excluding carboxylic acids is 1. The predicted octanol–water partition coefficient (Wildman–Crippen LogP) is 3.47. The largest absolute Gasteiger partial charge is 0.457 e.